The lowest BCUT2D eigenvalue weighted by molar-refractivity contribution is -0.0249. The number of benzene rings is 1. The Morgan fingerprint density at radius 1 is 1.15 bits per heavy atom. The van der Waals surface area contributed by atoms with Gasteiger partial charge in [-0.25, -0.2) is 14.6 Å². The van der Waals surface area contributed by atoms with E-state index in [1.54, 1.807) is 0 Å². The van der Waals surface area contributed by atoms with Crippen LogP contribution in [0.3, 0.4) is 0 Å². The van der Waals surface area contributed by atoms with E-state index in [0.29, 0.717) is 11.0 Å². The number of carbonyl (C=O) groups is 2. The number of carbonyl (C=O) groups excluding carboxylic acids is 2. The third-order valence-corrected chi connectivity index (χ3v) is 4.26. The molecule has 3 rings (SSSR count). The molecule has 1 fully saturated rings. The van der Waals surface area contributed by atoms with Gasteiger partial charge in [-0.2, -0.15) is 0 Å². The van der Waals surface area contributed by atoms with Crippen molar-refractivity contribution in [2.45, 2.75) is 24.4 Å². The van der Waals surface area contributed by atoms with Crippen molar-refractivity contribution in [3.8, 4) is 0 Å². The van der Waals surface area contributed by atoms with E-state index in [1.165, 1.54) is 26.4 Å². The highest BCUT2D eigenvalue weighted by Gasteiger charge is 2.44. The number of hydrogen-bond acceptors (Lipinski definition) is 9. The summed E-state index contributed by atoms with van der Waals surface area (Å²) in [5.41, 5.74) is 0.686. The number of aliphatic hydroxyl groups excluding tert-OH is 3. The summed E-state index contributed by atoms with van der Waals surface area (Å²) in [6, 6.07) is 2.74. The van der Waals surface area contributed by atoms with Crippen LogP contribution in [0.4, 0.5) is 0 Å². The molecular formula is C16H18N2O8. The fraction of sp³-hybridized carbons (Fsp3) is 0.438. The number of H-pyrrole nitrogens is 1. The molecule has 2 aromatic rings. The molecule has 1 aliphatic rings. The zero-order valence-corrected chi connectivity index (χ0v) is 14.0. The molecule has 0 aliphatic carbocycles. The first-order chi connectivity index (χ1) is 12.4. The molecule has 4 atom stereocenters. The lowest BCUT2D eigenvalue weighted by atomic mass is 10.1. The zero-order chi connectivity index (χ0) is 19.0. The lowest BCUT2D eigenvalue weighted by Crippen LogP contribution is -2.32. The van der Waals surface area contributed by atoms with E-state index in [2.05, 4.69) is 19.4 Å². The summed E-state index contributed by atoms with van der Waals surface area (Å²) < 4.78 is 14.8. The Morgan fingerprint density at radius 2 is 1.77 bits per heavy atom. The number of rotatable bonds is 4. The Hall–Kier alpha value is -2.53. The van der Waals surface area contributed by atoms with Gasteiger partial charge >= 0.3 is 11.9 Å². The van der Waals surface area contributed by atoms with Gasteiger partial charge in [0.25, 0.3) is 0 Å². The highest BCUT2D eigenvalue weighted by atomic mass is 16.6. The first-order valence-electron chi connectivity index (χ1n) is 7.74. The number of methoxy groups -OCH3 is 2. The second kappa shape index (κ2) is 7.00. The van der Waals surface area contributed by atoms with Gasteiger partial charge in [-0.05, 0) is 12.1 Å². The van der Waals surface area contributed by atoms with Gasteiger partial charge in [0.1, 0.15) is 30.2 Å². The summed E-state index contributed by atoms with van der Waals surface area (Å²) in [5.74, 6) is -1.28. The van der Waals surface area contributed by atoms with Gasteiger partial charge in [-0.1, -0.05) is 0 Å². The molecule has 1 aromatic heterocycles. The smallest absolute Gasteiger partial charge is 0.338 e. The van der Waals surface area contributed by atoms with Crippen LogP contribution in [0.1, 0.15) is 32.6 Å². The quantitative estimate of drug-likeness (QED) is 0.514. The lowest BCUT2D eigenvalue weighted by Gasteiger charge is -2.11. The first kappa shape index (κ1) is 18.3. The highest BCUT2D eigenvalue weighted by molar-refractivity contribution is 6.06. The van der Waals surface area contributed by atoms with Gasteiger partial charge in [0, 0.05) is 0 Å². The van der Waals surface area contributed by atoms with Gasteiger partial charge in [-0.3, -0.25) is 0 Å². The molecule has 0 radical (unpaired) electrons. The second-order valence-corrected chi connectivity index (χ2v) is 5.78. The Labute approximate surface area is 147 Å². The van der Waals surface area contributed by atoms with Gasteiger partial charge in [-0.15, -0.1) is 0 Å². The fourth-order valence-corrected chi connectivity index (χ4v) is 2.89. The summed E-state index contributed by atoms with van der Waals surface area (Å²) in [6.45, 7) is -0.464. The van der Waals surface area contributed by atoms with Crippen molar-refractivity contribution in [1.29, 1.82) is 0 Å². The summed E-state index contributed by atoms with van der Waals surface area (Å²) in [4.78, 5) is 31.0. The average Bonchev–Trinajstić information content (AvgIpc) is 3.19. The molecule has 0 unspecified atom stereocenters. The second-order valence-electron chi connectivity index (χ2n) is 5.78. The molecule has 0 spiro atoms. The van der Waals surface area contributed by atoms with Crippen molar-refractivity contribution in [2.75, 3.05) is 20.8 Å². The Kier molecular flexibility index (Phi) is 4.92. The summed E-state index contributed by atoms with van der Waals surface area (Å²) in [6.07, 6.45) is -4.51. The van der Waals surface area contributed by atoms with Crippen molar-refractivity contribution >= 4 is 23.0 Å². The summed E-state index contributed by atoms with van der Waals surface area (Å²) >= 11 is 0. The number of aromatic nitrogens is 2. The number of ether oxygens (including phenoxy) is 3. The van der Waals surface area contributed by atoms with Crippen LogP contribution in [0.15, 0.2) is 12.1 Å². The van der Waals surface area contributed by atoms with Gasteiger partial charge < -0.3 is 34.5 Å². The third-order valence-electron chi connectivity index (χ3n) is 4.26. The highest BCUT2D eigenvalue weighted by Crippen LogP contribution is 2.33. The molecule has 140 valence electrons. The van der Waals surface area contributed by atoms with Crippen LogP contribution in [0.5, 0.6) is 0 Å². The molecule has 2 heterocycles. The number of aliphatic hydroxyl groups is 3. The van der Waals surface area contributed by atoms with Gasteiger partial charge in [0.2, 0.25) is 0 Å². The van der Waals surface area contributed by atoms with Crippen molar-refractivity contribution in [3.63, 3.8) is 0 Å². The molecule has 10 heteroatoms. The molecule has 0 saturated carbocycles. The van der Waals surface area contributed by atoms with E-state index in [0.717, 1.165) is 0 Å². The van der Waals surface area contributed by atoms with Crippen molar-refractivity contribution in [1.82, 2.24) is 9.97 Å². The monoisotopic (exact) mass is 366 g/mol. The van der Waals surface area contributed by atoms with E-state index >= 15 is 0 Å². The molecule has 1 aliphatic heterocycles. The van der Waals surface area contributed by atoms with Crippen molar-refractivity contribution in [3.05, 3.63) is 29.1 Å². The normalized spacial score (nSPS) is 25.4. The molecule has 10 nitrogen and oxygen atoms in total. The number of imidazole rings is 1. The first-order valence-corrected chi connectivity index (χ1v) is 7.74. The number of nitrogens with one attached hydrogen (secondary N) is 1. The molecule has 1 aromatic carbocycles. The SMILES string of the molecule is COC(=O)c1cc2nc([C@@H]3O[C@H](CO)[C@@H](O)[C@H]3O)[nH]c2cc1C(=O)OC. The number of hydrogen-bond donors (Lipinski definition) is 4. The number of fused-ring (bicyclic) bond motifs is 1. The van der Waals surface area contributed by atoms with E-state index in [1.807, 2.05) is 0 Å². The van der Waals surface area contributed by atoms with Crippen LogP contribution in [-0.2, 0) is 14.2 Å². The number of nitrogens with zero attached hydrogens (tertiary/aromatic N) is 1. The minimum Gasteiger partial charge on any atom is -0.465 e. The summed E-state index contributed by atoms with van der Waals surface area (Å²) in [7, 11) is 2.37. The van der Waals surface area contributed by atoms with E-state index in [9.17, 15) is 24.9 Å². The van der Waals surface area contributed by atoms with Crippen LogP contribution in [0.25, 0.3) is 11.0 Å². The van der Waals surface area contributed by atoms with Crippen molar-refractivity contribution in [2.24, 2.45) is 0 Å². The van der Waals surface area contributed by atoms with E-state index in [-0.39, 0.29) is 17.0 Å². The topological polar surface area (TPSA) is 151 Å². The van der Waals surface area contributed by atoms with Crippen molar-refractivity contribution < 1.29 is 39.1 Å². The molecule has 4 N–H and O–H groups in total. The van der Waals surface area contributed by atoms with E-state index < -0.39 is 43.0 Å². The van der Waals surface area contributed by atoms with Gasteiger partial charge in [0.05, 0.1) is 43.0 Å². The van der Waals surface area contributed by atoms with Crippen LogP contribution < -0.4 is 0 Å². The molecule has 0 amide bonds. The van der Waals surface area contributed by atoms with Crippen LogP contribution in [0.2, 0.25) is 0 Å². The molecule has 1 saturated heterocycles. The third kappa shape index (κ3) is 2.92. The molecule has 26 heavy (non-hydrogen) atoms. The minimum absolute atomic E-state index is 0.0109. The number of aromatic amines is 1. The maximum absolute atomic E-state index is 11.9. The predicted octanol–water partition coefficient (Wildman–Crippen LogP) is -0.710. The zero-order valence-electron chi connectivity index (χ0n) is 14.0. The standard InChI is InChI=1S/C16H18N2O8/c1-24-15(22)6-3-8-9(4-7(6)16(23)25-2)18-14(17-8)13-12(21)11(20)10(5-19)26-13/h3-4,10-13,19-21H,5H2,1-2H3,(H,17,18)/t10-,11-,12-,13-/m1/s1. The Balaban J connectivity index is 2.06. The summed E-state index contributed by atoms with van der Waals surface area (Å²) in [5, 5.41) is 29.1. The average molecular weight is 366 g/mol. The Morgan fingerprint density at radius 3 is 2.31 bits per heavy atom. The fourth-order valence-electron chi connectivity index (χ4n) is 2.89. The predicted molar refractivity (Wildman–Crippen MR) is 85.5 cm³/mol. The maximum Gasteiger partial charge on any atom is 0.338 e. The maximum atomic E-state index is 11.9. The Bertz CT molecular complexity index is 795. The van der Waals surface area contributed by atoms with Crippen LogP contribution in [-0.4, -0.2) is 76.4 Å². The number of esters is 2. The van der Waals surface area contributed by atoms with Gasteiger partial charge in [0.15, 0.2) is 0 Å². The van der Waals surface area contributed by atoms with Crippen LogP contribution >= 0.6 is 0 Å². The minimum atomic E-state index is -1.30. The van der Waals surface area contributed by atoms with E-state index in [4.69, 9.17) is 4.74 Å². The molecule has 0 bridgehead atoms. The van der Waals surface area contributed by atoms with Crippen LogP contribution in [0, 0.1) is 0 Å². The largest absolute Gasteiger partial charge is 0.465 e. The molecular weight excluding hydrogens is 348 g/mol.